The van der Waals surface area contributed by atoms with Crippen molar-refractivity contribution in [3.05, 3.63) is 0 Å². The molecule has 0 radical (unpaired) electrons. The van der Waals surface area contributed by atoms with Gasteiger partial charge in [-0.25, -0.2) is 4.72 Å². The van der Waals surface area contributed by atoms with Gasteiger partial charge in [0, 0.05) is 38.6 Å². The fourth-order valence-electron chi connectivity index (χ4n) is 2.83. The fraction of sp³-hybridized carbons (Fsp3) is 0.923. The van der Waals surface area contributed by atoms with E-state index in [1.54, 1.807) is 4.90 Å². The molecule has 2 saturated heterocycles. The third kappa shape index (κ3) is 3.93. The van der Waals surface area contributed by atoms with Crippen LogP contribution in [0.2, 0.25) is 0 Å². The molecule has 0 unspecified atom stereocenters. The number of carbonyl (C=O) groups is 1. The van der Waals surface area contributed by atoms with Crippen LogP contribution >= 0.6 is 0 Å². The van der Waals surface area contributed by atoms with E-state index in [-0.39, 0.29) is 11.9 Å². The van der Waals surface area contributed by atoms with Crippen molar-refractivity contribution in [2.45, 2.75) is 51.5 Å². The number of amides is 1. The van der Waals surface area contributed by atoms with Gasteiger partial charge in [-0.2, -0.15) is 12.7 Å². The van der Waals surface area contributed by atoms with E-state index in [1.165, 1.54) is 4.31 Å². The Labute approximate surface area is 121 Å². The SMILES string of the molecule is C[C@@H](CNS(=O)(=O)N1CCCCC1)N1CCCCC1=O. The molecular weight excluding hydrogens is 278 g/mol. The molecule has 1 amide bonds. The van der Waals surface area contributed by atoms with E-state index in [4.69, 9.17) is 0 Å². The molecule has 2 aliphatic rings. The van der Waals surface area contributed by atoms with Gasteiger partial charge in [0.15, 0.2) is 0 Å². The highest BCUT2D eigenvalue weighted by Crippen LogP contribution is 2.15. The van der Waals surface area contributed by atoms with Crippen molar-refractivity contribution in [3.63, 3.8) is 0 Å². The molecule has 1 N–H and O–H groups in total. The monoisotopic (exact) mass is 303 g/mol. The number of hydrogen-bond donors (Lipinski definition) is 1. The lowest BCUT2D eigenvalue weighted by Gasteiger charge is -2.33. The van der Waals surface area contributed by atoms with Crippen molar-refractivity contribution in [1.82, 2.24) is 13.9 Å². The normalized spacial score (nSPS) is 23.9. The number of carbonyl (C=O) groups excluding carboxylic acids is 1. The lowest BCUT2D eigenvalue weighted by atomic mass is 10.1. The van der Waals surface area contributed by atoms with Gasteiger partial charge >= 0.3 is 0 Å². The van der Waals surface area contributed by atoms with Crippen molar-refractivity contribution in [2.75, 3.05) is 26.2 Å². The highest BCUT2D eigenvalue weighted by atomic mass is 32.2. The van der Waals surface area contributed by atoms with E-state index in [1.807, 2.05) is 6.92 Å². The minimum absolute atomic E-state index is 0.0811. The van der Waals surface area contributed by atoms with Crippen LogP contribution in [0, 0.1) is 0 Å². The van der Waals surface area contributed by atoms with Crippen LogP contribution in [0.25, 0.3) is 0 Å². The Balaban J connectivity index is 1.85. The molecule has 2 fully saturated rings. The highest BCUT2D eigenvalue weighted by molar-refractivity contribution is 7.87. The van der Waals surface area contributed by atoms with Crippen LogP contribution in [-0.2, 0) is 15.0 Å². The van der Waals surface area contributed by atoms with E-state index >= 15 is 0 Å². The van der Waals surface area contributed by atoms with Crippen molar-refractivity contribution in [1.29, 1.82) is 0 Å². The largest absolute Gasteiger partial charge is 0.339 e. The smallest absolute Gasteiger partial charge is 0.279 e. The first-order valence-electron chi connectivity index (χ1n) is 7.55. The van der Waals surface area contributed by atoms with Crippen molar-refractivity contribution in [3.8, 4) is 0 Å². The van der Waals surface area contributed by atoms with Gasteiger partial charge in [0.2, 0.25) is 5.91 Å². The number of nitrogens with one attached hydrogen (secondary N) is 1. The molecule has 20 heavy (non-hydrogen) atoms. The van der Waals surface area contributed by atoms with E-state index < -0.39 is 10.2 Å². The molecule has 116 valence electrons. The molecule has 7 heteroatoms. The zero-order valence-corrected chi connectivity index (χ0v) is 13.0. The number of hydrogen-bond acceptors (Lipinski definition) is 3. The Kier molecular flexibility index (Phi) is 5.40. The second kappa shape index (κ2) is 6.87. The summed E-state index contributed by atoms with van der Waals surface area (Å²) in [6.07, 6.45) is 5.51. The van der Waals surface area contributed by atoms with Crippen molar-refractivity contribution >= 4 is 16.1 Å². The number of piperidine rings is 2. The minimum atomic E-state index is -3.39. The predicted molar refractivity (Wildman–Crippen MR) is 77.4 cm³/mol. The summed E-state index contributed by atoms with van der Waals surface area (Å²) in [5.41, 5.74) is 0. The maximum absolute atomic E-state index is 12.2. The van der Waals surface area contributed by atoms with Crippen LogP contribution in [-0.4, -0.2) is 55.8 Å². The Morgan fingerprint density at radius 2 is 1.75 bits per heavy atom. The maximum Gasteiger partial charge on any atom is 0.279 e. The molecule has 2 rings (SSSR count). The summed E-state index contributed by atoms with van der Waals surface area (Å²) >= 11 is 0. The van der Waals surface area contributed by atoms with Gasteiger partial charge in [-0.05, 0) is 32.6 Å². The summed E-state index contributed by atoms with van der Waals surface area (Å²) in [6.45, 7) is 4.15. The second-order valence-electron chi connectivity index (χ2n) is 5.71. The summed E-state index contributed by atoms with van der Waals surface area (Å²) in [6, 6.07) is -0.0811. The first-order chi connectivity index (χ1) is 9.50. The minimum Gasteiger partial charge on any atom is -0.339 e. The first kappa shape index (κ1) is 15.7. The van der Waals surface area contributed by atoms with Crippen LogP contribution in [0.15, 0.2) is 0 Å². The van der Waals surface area contributed by atoms with E-state index in [0.717, 1.165) is 38.6 Å². The molecule has 0 saturated carbocycles. The molecule has 0 aromatic heterocycles. The van der Waals surface area contributed by atoms with Crippen LogP contribution in [0.5, 0.6) is 0 Å². The molecule has 6 nitrogen and oxygen atoms in total. The Morgan fingerprint density at radius 3 is 2.40 bits per heavy atom. The van der Waals surface area contributed by atoms with Gasteiger partial charge < -0.3 is 4.90 Å². The average molecular weight is 303 g/mol. The third-order valence-corrected chi connectivity index (χ3v) is 5.68. The van der Waals surface area contributed by atoms with Crippen molar-refractivity contribution in [2.24, 2.45) is 0 Å². The number of rotatable bonds is 5. The summed E-state index contributed by atoms with van der Waals surface area (Å²) in [5.74, 6) is 0.140. The summed E-state index contributed by atoms with van der Waals surface area (Å²) in [7, 11) is -3.39. The zero-order valence-electron chi connectivity index (χ0n) is 12.2. The summed E-state index contributed by atoms with van der Waals surface area (Å²) in [4.78, 5) is 13.6. The van der Waals surface area contributed by atoms with Crippen LogP contribution in [0.1, 0.15) is 45.4 Å². The van der Waals surface area contributed by atoms with Gasteiger partial charge in [-0.1, -0.05) is 6.42 Å². The van der Waals surface area contributed by atoms with Gasteiger partial charge in [0.1, 0.15) is 0 Å². The van der Waals surface area contributed by atoms with E-state index in [9.17, 15) is 13.2 Å². The molecule has 0 aromatic rings. The molecule has 0 aromatic carbocycles. The van der Waals surface area contributed by atoms with Gasteiger partial charge in [-0.15, -0.1) is 0 Å². The first-order valence-corrected chi connectivity index (χ1v) is 8.99. The van der Waals surface area contributed by atoms with Crippen molar-refractivity contribution < 1.29 is 13.2 Å². The molecular formula is C13H25N3O3S. The van der Waals surface area contributed by atoms with Gasteiger partial charge in [-0.3, -0.25) is 4.79 Å². The number of likely N-dealkylation sites (tertiary alicyclic amines) is 1. The third-order valence-electron chi connectivity index (χ3n) is 4.11. The molecule has 0 spiro atoms. The fourth-order valence-corrected chi connectivity index (χ4v) is 4.20. The van der Waals surface area contributed by atoms with Crippen LogP contribution in [0.3, 0.4) is 0 Å². The standard InChI is InChI=1S/C13H25N3O3S/c1-12(16-10-6-3-7-13(16)17)11-14-20(18,19)15-8-4-2-5-9-15/h12,14H,2-11H2,1H3/t12-/m0/s1. The molecule has 2 heterocycles. The summed E-state index contributed by atoms with van der Waals surface area (Å²) < 4.78 is 28.5. The van der Waals surface area contributed by atoms with E-state index in [2.05, 4.69) is 4.72 Å². The quantitative estimate of drug-likeness (QED) is 0.813. The average Bonchev–Trinajstić information content (AvgIpc) is 2.46. The van der Waals surface area contributed by atoms with Gasteiger partial charge in [0.25, 0.3) is 10.2 Å². The molecule has 2 aliphatic heterocycles. The van der Waals surface area contributed by atoms with Crippen LogP contribution in [0.4, 0.5) is 0 Å². The zero-order chi connectivity index (χ0) is 14.6. The number of nitrogens with zero attached hydrogens (tertiary/aromatic N) is 2. The summed E-state index contributed by atoms with van der Waals surface area (Å²) in [5, 5.41) is 0. The molecule has 0 bridgehead atoms. The van der Waals surface area contributed by atoms with Crippen LogP contribution < -0.4 is 4.72 Å². The molecule has 1 atom stereocenters. The second-order valence-corrected chi connectivity index (χ2v) is 7.46. The lowest BCUT2D eigenvalue weighted by molar-refractivity contribution is -0.135. The Bertz CT molecular complexity index is 432. The topological polar surface area (TPSA) is 69.7 Å². The predicted octanol–water partition coefficient (Wildman–Crippen LogP) is 0.708. The highest BCUT2D eigenvalue weighted by Gasteiger charge is 2.27. The van der Waals surface area contributed by atoms with Gasteiger partial charge in [0.05, 0.1) is 0 Å². The molecule has 0 aliphatic carbocycles. The Morgan fingerprint density at radius 1 is 1.10 bits per heavy atom. The van der Waals surface area contributed by atoms with E-state index in [0.29, 0.717) is 26.1 Å². The Hall–Kier alpha value is -0.660. The maximum atomic E-state index is 12.2. The lowest BCUT2D eigenvalue weighted by Crippen LogP contribution is -2.50.